The van der Waals surface area contributed by atoms with Gasteiger partial charge in [-0.15, -0.1) is 0 Å². The maximum absolute atomic E-state index is 12.2. The van der Waals surface area contributed by atoms with Crippen LogP contribution in [0, 0.1) is 0 Å². The van der Waals surface area contributed by atoms with Gasteiger partial charge in [0.1, 0.15) is 23.0 Å². The van der Waals surface area contributed by atoms with Crippen LogP contribution >= 0.6 is 0 Å². The zero-order valence-electron chi connectivity index (χ0n) is 13.6. The van der Waals surface area contributed by atoms with Gasteiger partial charge >= 0.3 is 0 Å². The van der Waals surface area contributed by atoms with Crippen LogP contribution in [0.3, 0.4) is 0 Å². The highest BCUT2D eigenvalue weighted by atomic mass is 16.5. The zero-order valence-corrected chi connectivity index (χ0v) is 13.6. The Hall–Kier alpha value is -3.22. The molecule has 2 N–H and O–H groups in total. The van der Waals surface area contributed by atoms with Crippen LogP contribution in [0.4, 0.5) is 0 Å². The van der Waals surface area contributed by atoms with E-state index < -0.39 is 5.91 Å². The minimum absolute atomic E-state index is 0.0239. The van der Waals surface area contributed by atoms with E-state index in [-0.39, 0.29) is 5.75 Å². The highest BCUT2D eigenvalue weighted by molar-refractivity contribution is 5.97. The molecule has 0 aliphatic carbocycles. The molecule has 126 valence electrons. The smallest absolute Gasteiger partial charge is 0.275 e. The van der Waals surface area contributed by atoms with Gasteiger partial charge in [-0.1, -0.05) is 0 Å². The van der Waals surface area contributed by atoms with Gasteiger partial charge in [0.05, 0.1) is 33.1 Å². The molecule has 2 aromatic carbocycles. The van der Waals surface area contributed by atoms with Crippen LogP contribution in [-0.2, 0) is 0 Å². The van der Waals surface area contributed by atoms with E-state index in [1.165, 1.54) is 33.6 Å². The fraction of sp³-hybridized carbons (Fsp3) is 0.176. The fourth-order valence-electron chi connectivity index (χ4n) is 1.97. The third-order valence-corrected chi connectivity index (χ3v) is 3.26. The van der Waals surface area contributed by atoms with Crippen LogP contribution in [0.2, 0.25) is 0 Å². The van der Waals surface area contributed by atoms with Gasteiger partial charge < -0.3 is 19.3 Å². The number of aromatic hydroxyl groups is 1. The van der Waals surface area contributed by atoms with Gasteiger partial charge in [-0.05, 0) is 30.3 Å². The molecule has 7 heteroatoms. The average Bonchev–Trinajstić information content (AvgIpc) is 2.62. The van der Waals surface area contributed by atoms with Crippen molar-refractivity contribution in [2.45, 2.75) is 0 Å². The van der Waals surface area contributed by atoms with Crippen molar-refractivity contribution < 1.29 is 24.1 Å². The number of rotatable bonds is 6. The minimum atomic E-state index is -0.451. The van der Waals surface area contributed by atoms with Gasteiger partial charge in [0.25, 0.3) is 5.91 Å². The van der Waals surface area contributed by atoms with Crippen LogP contribution in [0.25, 0.3) is 0 Å². The normalized spacial score (nSPS) is 10.5. The second-order valence-corrected chi connectivity index (χ2v) is 4.69. The largest absolute Gasteiger partial charge is 0.507 e. The Labute approximate surface area is 139 Å². The number of ether oxygens (including phenoxy) is 3. The van der Waals surface area contributed by atoms with Crippen molar-refractivity contribution in [2.24, 2.45) is 5.10 Å². The summed E-state index contributed by atoms with van der Waals surface area (Å²) in [4.78, 5) is 12.2. The van der Waals surface area contributed by atoms with E-state index in [1.807, 2.05) is 0 Å². The SMILES string of the molecule is COc1ccc(O)c(/C=N\NC(=O)c2ccc(OC)cc2OC)c1. The number of hydrogen-bond donors (Lipinski definition) is 2. The molecule has 0 heterocycles. The monoisotopic (exact) mass is 330 g/mol. The highest BCUT2D eigenvalue weighted by Crippen LogP contribution is 2.24. The summed E-state index contributed by atoms with van der Waals surface area (Å²) in [6.45, 7) is 0. The Bertz CT molecular complexity index is 759. The predicted molar refractivity (Wildman–Crippen MR) is 89.3 cm³/mol. The molecule has 0 radical (unpaired) electrons. The topological polar surface area (TPSA) is 89.4 Å². The lowest BCUT2D eigenvalue weighted by atomic mass is 10.2. The van der Waals surface area contributed by atoms with E-state index in [2.05, 4.69) is 10.5 Å². The molecule has 0 bridgehead atoms. The second kappa shape index (κ2) is 7.87. The van der Waals surface area contributed by atoms with Crippen molar-refractivity contribution in [2.75, 3.05) is 21.3 Å². The Morgan fingerprint density at radius 3 is 2.38 bits per heavy atom. The third-order valence-electron chi connectivity index (χ3n) is 3.26. The third kappa shape index (κ3) is 3.95. The molecule has 1 amide bonds. The van der Waals surface area contributed by atoms with Gasteiger partial charge in [-0.3, -0.25) is 4.79 Å². The maximum Gasteiger partial charge on any atom is 0.275 e. The van der Waals surface area contributed by atoms with E-state index in [0.717, 1.165) is 0 Å². The molecule has 2 aromatic rings. The van der Waals surface area contributed by atoms with E-state index >= 15 is 0 Å². The van der Waals surface area contributed by atoms with Crippen molar-refractivity contribution in [3.8, 4) is 23.0 Å². The summed E-state index contributed by atoms with van der Waals surface area (Å²) < 4.78 is 15.3. The maximum atomic E-state index is 12.2. The number of amides is 1. The second-order valence-electron chi connectivity index (χ2n) is 4.69. The first-order valence-electron chi connectivity index (χ1n) is 7.01. The van der Waals surface area contributed by atoms with Gasteiger partial charge in [0, 0.05) is 11.6 Å². The van der Waals surface area contributed by atoms with Gasteiger partial charge in [0.15, 0.2) is 0 Å². The molecular formula is C17H18N2O5. The number of nitrogens with one attached hydrogen (secondary N) is 1. The summed E-state index contributed by atoms with van der Waals surface area (Å²) >= 11 is 0. The quantitative estimate of drug-likeness (QED) is 0.626. The van der Waals surface area contributed by atoms with Crippen molar-refractivity contribution in [1.29, 1.82) is 0 Å². The molecule has 0 atom stereocenters. The number of nitrogens with zero attached hydrogens (tertiary/aromatic N) is 1. The van der Waals surface area contributed by atoms with Gasteiger partial charge in [-0.2, -0.15) is 5.10 Å². The van der Waals surface area contributed by atoms with Crippen LogP contribution in [0.5, 0.6) is 23.0 Å². The van der Waals surface area contributed by atoms with E-state index in [9.17, 15) is 9.90 Å². The standard InChI is InChI=1S/C17H18N2O5/c1-22-12-5-7-15(20)11(8-12)10-18-19-17(21)14-6-4-13(23-2)9-16(14)24-3/h4-10,20H,1-3H3,(H,19,21)/b18-10-. The highest BCUT2D eigenvalue weighted by Gasteiger charge is 2.12. The van der Waals surface area contributed by atoms with Crippen LogP contribution < -0.4 is 19.6 Å². The molecular weight excluding hydrogens is 312 g/mol. The fourth-order valence-corrected chi connectivity index (χ4v) is 1.97. The van der Waals surface area contributed by atoms with Crippen molar-refractivity contribution >= 4 is 12.1 Å². The lowest BCUT2D eigenvalue weighted by Gasteiger charge is -2.09. The van der Waals surface area contributed by atoms with E-state index in [0.29, 0.717) is 28.4 Å². The van der Waals surface area contributed by atoms with Gasteiger partial charge in [-0.25, -0.2) is 5.43 Å². The molecule has 7 nitrogen and oxygen atoms in total. The molecule has 24 heavy (non-hydrogen) atoms. The van der Waals surface area contributed by atoms with Crippen LogP contribution in [-0.4, -0.2) is 38.6 Å². The number of methoxy groups -OCH3 is 3. The van der Waals surface area contributed by atoms with Crippen molar-refractivity contribution in [3.63, 3.8) is 0 Å². The van der Waals surface area contributed by atoms with Crippen LogP contribution in [0.15, 0.2) is 41.5 Å². The number of hydrogen-bond acceptors (Lipinski definition) is 6. The first-order chi connectivity index (χ1) is 11.6. The lowest BCUT2D eigenvalue weighted by molar-refractivity contribution is 0.0952. The summed E-state index contributed by atoms with van der Waals surface area (Å²) in [5.74, 6) is 1.08. The Balaban J connectivity index is 2.13. The molecule has 0 unspecified atom stereocenters. The zero-order chi connectivity index (χ0) is 17.5. The molecule has 0 saturated carbocycles. The average molecular weight is 330 g/mol. The molecule has 0 fully saturated rings. The molecule has 2 rings (SSSR count). The molecule has 0 saturated heterocycles. The number of carbonyl (C=O) groups is 1. The number of hydrazone groups is 1. The first-order valence-corrected chi connectivity index (χ1v) is 7.01. The number of phenolic OH excluding ortho intramolecular Hbond substituents is 1. The number of carbonyl (C=O) groups excluding carboxylic acids is 1. The summed E-state index contributed by atoms with van der Waals surface area (Å²) in [6.07, 6.45) is 1.33. The minimum Gasteiger partial charge on any atom is -0.507 e. The predicted octanol–water partition coefficient (Wildman–Crippen LogP) is 2.18. The van der Waals surface area contributed by atoms with Crippen molar-refractivity contribution in [3.05, 3.63) is 47.5 Å². The number of phenols is 1. The molecule has 0 aliphatic rings. The Kier molecular flexibility index (Phi) is 5.62. The Morgan fingerprint density at radius 1 is 1.04 bits per heavy atom. The van der Waals surface area contributed by atoms with Gasteiger partial charge in [0.2, 0.25) is 0 Å². The van der Waals surface area contributed by atoms with Crippen LogP contribution in [0.1, 0.15) is 15.9 Å². The van der Waals surface area contributed by atoms with Crippen molar-refractivity contribution in [1.82, 2.24) is 5.43 Å². The Morgan fingerprint density at radius 2 is 1.71 bits per heavy atom. The van der Waals surface area contributed by atoms with E-state index in [1.54, 1.807) is 30.3 Å². The lowest BCUT2D eigenvalue weighted by Crippen LogP contribution is -2.18. The summed E-state index contributed by atoms with van der Waals surface area (Å²) in [6, 6.07) is 9.52. The number of benzene rings is 2. The van der Waals surface area contributed by atoms with E-state index in [4.69, 9.17) is 14.2 Å². The summed E-state index contributed by atoms with van der Waals surface area (Å²) in [5.41, 5.74) is 3.11. The molecule has 0 spiro atoms. The molecule has 0 aliphatic heterocycles. The first kappa shape index (κ1) is 17.1. The summed E-state index contributed by atoms with van der Waals surface area (Å²) in [7, 11) is 4.51. The summed E-state index contributed by atoms with van der Waals surface area (Å²) in [5, 5.41) is 13.6. The molecule has 0 aromatic heterocycles.